The average molecular weight is 424 g/mol. The predicted octanol–water partition coefficient (Wildman–Crippen LogP) is 5.83. The van der Waals surface area contributed by atoms with Crippen LogP contribution in [0.4, 0.5) is 0 Å². The lowest BCUT2D eigenvalue weighted by molar-refractivity contribution is 0.282. The van der Waals surface area contributed by atoms with Crippen LogP contribution in [0.1, 0.15) is 26.5 Å². The highest BCUT2D eigenvalue weighted by Crippen LogP contribution is 2.37. The van der Waals surface area contributed by atoms with E-state index in [0.29, 0.717) is 6.61 Å². The van der Waals surface area contributed by atoms with Crippen LogP contribution in [-0.4, -0.2) is 13.3 Å². The van der Waals surface area contributed by atoms with E-state index in [1.807, 2.05) is 18.2 Å². The van der Waals surface area contributed by atoms with Crippen molar-refractivity contribution in [2.45, 2.75) is 32.4 Å². The summed E-state index contributed by atoms with van der Waals surface area (Å²) in [6.45, 7) is 7.38. The molecule has 0 atom stereocenters. The summed E-state index contributed by atoms with van der Waals surface area (Å²) < 4.78 is 7.02. The minimum Gasteiger partial charge on any atom is -0.401 e. The van der Waals surface area contributed by atoms with E-state index < -0.39 is 8.32 Å². The van der Waals surface area contributed by atoms with Gasteiger partial charge in [-0.3, -0.25) is 4.98 Å². The molecule has 1 aromatic heterocycles. The lowest BCUT2D eigenvalue weighted by atomic mass is 10.1. The van der Waals surface area contributed by atoms with Gasteiger partial charge in [-0.1, -0.05) is 118 Å². The van der Waals surface area contributed by atoms with Crippen molar-refractivity contribution in [3.63, 3.8) is 0 Å². The molecule has 31 heavy (non-hydrogen) atoms. The Morgan fingerprint density at radius 2 is 1.16 bits per heavy atom. The molecule has 0 fully saturated rings. The zero-order valence-electron chi connectivity index (χ0n) is 18.5. The van der Waals surface area contributed by atoms with Gasteiger partial charge in [0.05, 0.1) is 18.0 Å². The highest BCUT2D eigenvalue weighted by atomic mass is 28.4. The third-order valence-corrected chi connectivity index (χ3v) is 10.7. The maximum absolute atomic E-state index is 7.02. The monoisotopic (exact) mass is 423 g/mol. The molecule has 0 amide bonds. The molecule has 3 aromatic carbocycles. The van der Waals surface area contributed by atoms with Crippen molar-refractivity contribution < 1.29 is 4.43 Å². The van der Waals surface area contributed by atoms with Gasteiger partial charge < -0.3 is 4.43 Å². The van der Waals surface area contributed by atoms with Gasteiger partial charge in [0.15, 0.2) is 0 Å². The Bertz CT molecular complexity index is 1070. The summed E-state index contributed by atoms with van der Waals surface area (Å²) in [6.07, 6.45) is 0. The van der Waals surface area contributed by atoms with Crippen molar-refractivity contribution in [1.82, 2.24) is 4.98 Å². The first-order valence-corrected chi connectivity index (χ1v) is 12.7. The van der Waals surface area contributed by atoms with E-state index in [4.69, 9.17) is 9.41 Å². The van der Waals surface area contributed by atoms with Crippen molar-refractivity contribution in [2.24, 2.45) is 0 Å². The van der Waals surface area contributed by atoms with Gasteiger partial charge in [0, 0.05) is 5.56 Å². The highest BCUT2D eigenvalue weighted by molar-refractivity contribution is 6.99. The van der Waals surface area contributed by atoms with Gasteiger partial charge >= 0.3 is 0 Å². The molecule has 0 spiro atoms. The topological polar surface area (TPSA) is 22.1 Å². The van der Waals surface area contributed by atoms with Crippen LogP contribution in [0.3, 0.4) is 0 Å². The fourth-order valence-corrected chi connectivity index (χ4v) is 8.79. The minimum atomic E-state index is -2.57. The molecule has 2 nitrogen and oxygen atoms in total. The standard InChI is InChI=1S/C28H29NOSi/c1-28(2,3)31(25-17-9-5-10-18-25,26-19-11-6-12-20-26)30-22-24-16-13-21-27(29-24)23-14-7-4-8-15-23/h4-21H,22H2,1-3H3. The fourth-order valence-electron chi connectivity index (χ4n) is 4.27. The zero-order chi connectivity index (χ0) is 21.7. The highest BCUT2D eigenvalue weighted by Gasteiger charge is 2.50. The number of hydrogen-bond acceptors (Lipinski definition) is 2. The molecule has 0 N–H and O–H groups in total. The van der Waals surface area contributed by atoms with Crippen molar-refractivity contribution >= 4 is 18.7 Å². The van der Waals surface area contributed by atoms with Gasteiger partial charge in [-0.05, 0) is 27.5 Å². The summed E-state index contributed by atoms with van der Waals surface area (Å²) in [6, 6.07) is 38.0. The Balaban J connectivity index is 1.75. The first kappa shape index (κ1) is 21.2. The van der Waals surface area contributed by atoms with E-state index in [1.54, 1.807) is 0 Å². The Morgan fingerprint density at radius 3 is 1.68 bits per heavy atom. The number of benzene rings is 3. The first-order valence-electron chi connectivity index (χ1n) is 10.8. The van der Waals surface area contributed by atoms with Crippen molar-refractivity contribution in [2.75, 3.05) is 0 Å². The maximum atomic E-state index is 7.02. The third-order valence-electron chi connectivity index (χ3n) is 5.73. The zero-order valence-corrected chi connectivity index (χ0v) is 19.5. The van der Waals surface area contributed by atoms with E-state index in [1.165, 1.54) is 10.4 Å². The van der Waals surface area contributed by atoms with Gasteiger partial charge in [0.1, 0.15) is 0 Å². The SMILES string of the molecule is CC(C)(C)[Si](OCc1cccc(-c2ccccc2)n1)(c1ccccc1)c1ccccc1. The van der Waals surface area contributed by atoms with Crippen LogP contribution < -0.4 is 10.4 Å². The Labute approximate surface area is 186 Å². The van der Waals surface area contributed by atoms with Crippen LogP contribution in [-0.2, 0) is 11.0 Å². The quantitative estimate of drug-likeness (QED) is 0.364. The van der Waals surface area contributed by atoms with E-state index in [-0.39, 0.29) is 5.04 Å². The van der Waals surface area contributed by atoms with E-state index in [0.717, 1.165) is 17.0 Å². The molecule has 0 saturated carbocycles. The van der Waals surface area contributed by atoms with Crippen LogP contribution in [0, 0.1) is 0 Å². The Kier molecular flexibility index (Phi) is 6.17. The maximum Gasteiger partial charge on any atom is 0.261 e. The smallest absolute Gasteiger partial charge is 0.261 e. The number of aromatic nitrogens is 1. The van der Waals surface area contributed by atoms with Gasteiger partial charge in [0.2, 0.25) is 0 Å². The summed E-state index contributed by atoms with van der Waals surface area (Å²) in [5.41, 5.74) is 3.05. The van der Waals surface area contributed by atoms with Crippen LogP contribution in [0.2, 0.25) is 5.04 Å². The average Bonchev–Trinajstić information content (AvgIpc) is 2.81. The number of nitrogens with zero attached hydrogens (tertiary/aromatic N) is 1. The minimum absolute atomic E-state index is 0.0489. The van der Waals surface area contributed by atoms with Crippen molar-refractivity contribution in [3.8, 4) is 11.3 Å². The Morgan fingerprint density at radius 1 is 0.645 bits per heavy atom. The van der Waals surface area contributed by atoms with Gasteiger partial charge in [-0.2, -0.15) is 0 Å². The fraction of sp³-hybridized carbons (Fsp3) is 0.179. The molecule has 0 aliphatic carbocycles. The first-order chi connectivity index (χ1) is 15.0. The van der Waals surface area contributed by atoms with Crippen LogP contribution >= 0.6 is 0 Å². The second kappa shape index (κ2) is 9.01. The van der Waals surface area contributed by atoms with Gasteiger partial charge in [0.25, 0.3) is 8.32 Å². The van der Waals surface area contributed by atoms with Gasteiger partial charge in [-0.15, -0.1) is 0 Å². The number of pyridine rings is 1. The number of hydrogen-bond donors (Lipinski definition) is 0. The molecule has 0 saturated heterocycles. The molecule has 4 aromatic rings. The summed E-state index contributed by atoms with van der Waals surface area (Å²) in [5, 5.41) is 2.52. The van der Waals surface area contributed by atoms with Gasteiger partial charge in [-0.25, -0.2) is 0 Å². The largest absolute Gasteiger partial charge is 0.401 e. The Hall–Kier alpha value is -3.01. The summed E-state index contributed by atoms with van der Waals surface area (Å²) in [7, 11) is -2.57. The third kappa shape index (κ3) is 4.39. The van der Waals surface area contributed by atoms with E-state index >= 15 is 0 Å². The van der Waals surface area contributed by atoms with E-state index in [9.17, 15) is 0 Å². The summed E-state index contributed by atoms with van der Waals surface area (Å²) in [4.78, 5) is 4.91. The molecular formula is C28H29NOSi. The molecular weight excluding hydrogens is 394 g/mol. The molecule has 1 heterocycles. The molecule has 3 heteroatoms. The summed E-state index contributed by atoms with van der Waals surface area (Å²) in [5.74, 6) is 0. The van der Waals surface area contributed by atoms with Crippen molar-refractivity contribution in [1.29, 1.82) is 0 Å². The normalized spacial score (nSPS) is 12.0. The molecule has 0 bridgehead atoms. The van der Waals surface area contributed by atoms with Crippen LogP contribution in [0.15, 0.2) is 109 Å². The number of rotatable bonds is 6. The molecule has 0 aliphatic rings. The predicted molar refractivity (Wildman–Crippen MR) is 132 cm³/mol. The van der Waals surface area contributed by atoms with Crippen molar-refractivity contribution in [3.05, 3.63) is 115 Å². The summed E-state index contributed by atoms with van der Waals surface area (Å²) >= 11 is 0. The second-order valence-corrected chi connectivity index (χ2v) is 13.1. The lowest BCUT2D eigenvalue weighted by Crippen LogP contribution is -2.66. The molecule has 4 rings (SSSR count). The van der Waals surface area contributed by atoms with Crippen LogP contribution in [0.25, 0.3) is 11.3 Å². The van der Waals surface area contributed by atoms with Crippen LogP contribution in [0.5, 0.6) is 0 Å². The lowest BCUT2D eigenvalue weighted by Gasteiger charge is -2.43. The molecule has 0 radical (unpaired) electrons. The molecule has 0 unspecified atom stereocenters. The van der Waals surface area contributed by atoms with E-state index in [2.05, 4.69) is 112 Å². The second-order valence-electron chi connectivity index (χ2n) is 8.83. The molecule has 156 valence electrons. The molecule has 0 aliphatic heterocycles.